The Hall–Kier alpha value is -2.82. The van der Waals surface area contributed by atoms with Crippen LogP contribution in [0, 0.1) is 5.82 Å². The summed E-state index contributed by atoms with van der Waals surface area (Å²) in [6.07, 6.45) is 2.98. The van der Waals surface area contributed by atoms with Gasteiger partial charge in [0.15, 0.2) is 11.6 Å². The van der Waals surface area contributed by atoms with E-state index in [4.69, 9.17) is 4.74 Å². The molecule has 130 valence electrons. The lowest BCUT2D eigenvalue weighted by Crippen LogP contribution is -2.26. The summed E-state index contributed by atoms with van der Waals surface area (Å²) in [5.74, 6) is -0.296. The average Bonchev–Trinajstić information content (AvgIpc) is 3.03. The van der Waals surface area contributed by atoms with Gasteiger partial charge in [-0.1, -0.05) is 24.3 Å². The van der Waals surface area contributed by atoms with Gasteiger partial charge in [-0.15, -0.1) is 0 Å². The van der Waals surface area contributed by atoms with Crippen molar-refractivity contribution >= 4 is 16.8 Å². The summed E-state index contributed by atoms with van der Waals surface area (Å²) in [6.45, 7) is 1.84. The van der Waals surface area contributed by atoms with E-state index in [9.17, 15) is 9.18 Å². The first-order valence-electron chi connectivity index (χ1n) is 8.26. The van der Waals surface area contributed by atoms with Gasteiger partial charge in [0.2, 0.25) is 5.91 Å². The smallest absolute Gasteiger partial charge is 0.220 e. The summed E-state index contributed by atoms with van der Waals surface area (Å²) < 4.78 is 18.7. The number of carbonyl (C=O) groups excluding carboxylic acids is 1. The molecule has 1 unspecified atom stereocenters. The normalized spacial score (nSPS) is 12.1. The van der Waals surface area contributed by atoms with Gasteiger partial charge in [0.1, 0.15) is 0 Å². The Kier molecular flexibility index (Phi) is 5.03. The molecular formula is C20H21FN2O2. The molecular weight excluding hydrogens is 319 g/mol. The van der Waals surface area contributed by atoms with Crippen LogP contribution in [0.5, 0.6) is 5.75 Å². The maximum absolute atomic E-state index is 13.8. The predicted octanol–water partition coefficient (Wildman–Crippen LogP) is 4.13. The molecule has 0 aliphatic rings. The van der Waals surface area contributed by atoms with Crippen LogP contribution < -0.4 is 10.1 Å². The average molecular weight is 340 g/mol. The number of rotatable bonds is 6. The van der Waals surface area contributed by atoms with E-state index < -0.39 is 5.82 Å². The number of hydrogen-bond donors (Lipinski definition) is 2. The highest BCUT2D eigenvalue weighted by atomic mass is 19.1. The first kappa shape index (κ1) is 17.0. The van der Waals surface area contributed by atoms with E-state index in [0.717, 1.165) is 16.5 Å². The summed E-state index contributed by atoms with van der Waals surface area (Å²) in [7, 11) is 1.42. The first-order chi connectivity index (χ1) is 12.1. The van der Waals surface area contributed by atoms with Crippen LogP contribution in [0.25, 0.3) is 10.9 Å². The summed E-state index contributed by atoms with van der Waals surface area (Å²) in [5, 5.41) is 4.05. The number of halogens is 1. The molecule has 1 amide bonds. The molecule has 0 bridgehead atoms. The number of ether oxygens (including phenoxy) is 1. The molecule has 0 spiro atoms. The number of hydrogen-bond acceptors (Lipinski definition) is 2. The van der Waals surface area contributed by atoms with Crippen molar-refractivity contribution in [2.45, 2.75) is 25.8 Å². The zero-order valence-corrected chi connectivity index (χ0v) is 14.3. The second kappa shape index (κ2) is 7.38. The largest absolute Gasteiger partial charge is 0.494 e. The van der Waals surface area contributed by atoms with E-state index in [-0.39, 0.29) is 17.7 Å². The van der Waals surface area contributed by atoms with E-state index in [0.29, 0.717) is 18.4 Å². The zero-order chi connectivity index (χ0) is 17.8. The second-order valence-electron chi connectivity index (χ2n) is 6.04. The lowest BCUT2D eigenvalue weighted by Gasteiger charge is -2.15. The van der Waals surface area contributed by atoms with Crippen molar-refractivity contribution in [2.75, 3.05) is 7.11 Å². The molecule has 0 aliphatic heterocycles. The molecule has 0 saturated carbocycles. The quantitative estimate of drug-likeness (QED) is 0.709. The molecule has 2 N–H and O–H groups in total. The van der Waals surface area contributed by atoms with Crippen molar-refractivity contribution in [1.82, 2.24) is 10.3 Å². The van der Waals surface area contributed by atoms with E-state index in [1.165, 1.54) is 13.2 Å². The third-order valence-electron chi connectivity index (χ3n) is 4.35. The van der Waals surface area contributed by atoms with Gasteiger partial charge < -0.3 is 15.0 Å². The summed E-state index contributed by atoms with van der Waals surface area (Å²) >= 11 is 0. The lowest BCUT2D eigenvalue weighted by molar-refractivity contribution is -0.121. The van der Waals surface area contributed by atoms with Crippen molar-refractivity contribution < 1.29 is 13.9 Å². The number of aromatic amines is 1. The standard InChI is InChI=1S/C20H21FN2O2/c1-13(14-7-9-19(25-2)17(21)11-14)23-20(24)10-8-15-12-22-18-6-4-3-5-16(15)18/h3-7,9,11-13,22H,8,10H2,1-2H3,(H,23,24). The van der Waals surface area contributed by atoms with Crippen molar-refractivity contribution in [3.05, 3.63) is 65.6 Å². The monoisotopic (exact) mass is 340 g/mol. The van der Waals surface area contributed by atoms with E-state index >= 15 is 0 Å². The minimum absolute atomic E-state index is 0.0611. The minimum Gasteiger partial charge on any atom is -0.494 e. The molecule has 5 heteroatoms. The van der Waals surface area contributed by atoms with Crippen LogP contribution >= 0.6 is 0 Å². The minimum atomic E-state index is -0.431. The van der Waals surface area contributed by atoms with Crippen LogP contribution in [0.1, 0.15) is 30.5 Å². The number of para-hydroxylation sites is 1. The van der Waals surface area contributed by atoms with Crippen molar-refractivity contribution in [3.63, 3.8) is 0 Å². The van der Waals surface area contributed by atoms with Crippen LogP contribution in [0.4, 0.5) is 4.39 Å². The van der Waals surface area contributed by atoms with E-state index in [2.05, 4.69) is 10.3 Å². The van der Waals surface area contributed by atoms with Crippen LogP contribution in [0.2, 0.25) is 0 Å². The highest BCUT2D eigenvalue weighted by Crippen LogP contribution is 2.22. The van der Waals surface area contributed by atoms with Gasteiger partial charge in [0.05, 0.1) is 13.2 Å². The molecule has 1 heterocycles. The Bertz CT molecular complexity index is 888. The number of aromatic nitrogens is 1. The van der Waals surface area contributed by atoms with Crippen LogP contribution in [0.15, 0.2) is 48.7 Å². The van der Waals surface area contributed by atoms with Gasteiger partial charge in [-0.25, -0.2) is 4.39 Å². The maximum Gasteiger partial charge on any atom is 0.220 e. The van der Waals surface area contributed by atoms with Gasteiger partial charge in [0, 0.05) is 23.5 Å². The van der Waals surface area contributed by atoms with Gasteiger partial charge >= 0.3 is 0 Å². The van der Waals surface area contributed by atoms with Crippen molar-refractivity contribution in [3.8, 4) is 5.75 Å². The number of fused-ring (bicyclic) bond motifs is 1. The zero-order valence-electron chi connectivity index (χ0n) is 14.3. The lowest BCUT2D eigenvalue weighted by atomic mass is 10.1. The summed E-state index contributed by atoms with van der Waals surface area (Å²) in [6, 6.07) is 12.5. The Morgan fingerprint density at radius 2 is 2.08 bits per heavy atom. The summed E-state index contributed by atoms with van der Waals surface area (Å²) in [4.78, 5) is 15.4. The van der Waals surface area contributed by atoms with Gasteiger partial charge in [0.25, 0.3) is 0 Å². The first-order valence-corrected chi connectivity index (χ1v) is 8.26. The number of methoxy groups -OCH3 is 1. The topological polar surface area (TPSA) is 54.1 Å². The highest BCUT2D eigenvalue weighted by molar-refractivity contribution is 5.84. The Morgan fingerprint density at radius 3 is 2.84 bits per heavy atom. The number of aryl methyl sites for hydroxylation is 1. The number of nitrogens with one attached hydrogen (secondary N) is 2. The van der Waals surface area contributed by atoms with Gasteiger partial charge in [-0.2, -0.15) is 0 Å². The molecule has 3 aromatic rings. The Morgan fingerprint density at radius 1 is 1.28 bits per heavy atom. The number of benzene rings is 2. The van der Waals surface area contributed by atoms with Crippen LogP contribution in [-0.4, -0.2) is 18.0 Å². The molecule has 4 nitrogen and oxygen atoms in total. The molecule has 1 atom stereocenters. The highest BCUT2D eigenvalue weighted by Gasteiger charge is 2.13. The SMILES string of the molecule is COc1ccc(C(C)NC(=O)CCc2c[nH]c3ccccc23)cc1F. The molecule has 25 heavy (non-hydrogen) atoms. The molecule has 0 saturated heterocycles. The van der Waals surface area contributed by atoms with E-state index in [1.54, 1.807) is 12.1 Å². The summed E-state index contributed by atoms with van der Waals surface area (Å²) in [5.41, 5.74) is 2.90. The van der Waals surface area contributed by atoms with Gasteiger partial charge in [-0.05, 0) is 42.7 Å². The van der Waals surface area contributed by atoms with Crippen LogP contribution in [0.3, 0.4) is 0 Å². The fraction of sp³-hybridized carbons (Fsp3) is 0.250. The molecule has 2 aromatic carbocycles. The molecule has 3 rings (SSSR count). The van der Waals surface area contributed by atoms with E-state index in [1.807, 2.05) is 37.4 Å². The van der Waals surface area contributed by atoms with Crippen molar-refractivity contribution in [1.29, 1.82) is 0 Å². The number of amides is 1. The molecule has 0 aliphatic carbocycles. The number of carbonyl (C=O) groups is 1. The Balaban J connectivity index is 1.59. The van der Waals surface area contributed by atoms with Crippen molar-refractivity contribution in [2.24, 2.45) is 0 Å². The predicted molar refractivity (Wildman–Crippen MR) is 96.1 cm³/mol. The number of H-pyrrole nitrogens is 1. The molecule has 1 aromatic heterocycles. The van der Waals surface area contributed by atoms with Gasteiger partial charge in [-0.3, -0.25) is 4.79 Å². The third-order valence-corrected chi connectivity index (χ3v) is 4.35. The molecule has 0 radical (unpaired) electrons. The maximum atomic E-state index is 13.8. The fourth-order valence-corrected chi connectivity index (χ4v) is 2.94. The molecule has 0 fully saturated rings. The Labute approximate surface area is 146 Å². The third kappa shape index (κ3) is 3.82. The second-order valence-corrected chi connectivity index (χ2v) is 6.04. The van der Waals surface area contributed by atoms with Crippen LogP contribution in [-0.2, 0) is 11.2 Å². The fourth-order valence-electron chi connectivity index (χ4n) is 2.94.